The lowest BCUT2D eigenvalue weighted by Gasteiger charge is -2.28. The summed E-state index contributed by atoms with van der Waals surface area (Å²) in [7, 11) is 1.70. The van der Waals surface area contributed by atoms with E-state index in [1.165, 1.54) is 4.90 Å². The Balaban J connectivity index is 1.91. The quantitative estimate of drug-likeness (QED) is 0.918. The van der Waals surface area contributed by atoms with Gasteiger partial charge < -0.3 is 10.0 Å². The molecule has 0 saturated carbocycles. The molecule has 136 valence electrons. The number of aliphatic hydroxyl groups is 1. The van der Waals surface area contributed by atoms with Gasteiger partial charge in [0.1, 0.15) is 0 Å². The zero-order valence-corrected chi connectivity index (χ0v) is 15.2. The summed E-state index contributed by atoms with van der Waals surface area (Å²) in [4.78, 5) is 28.8. The van der Waals surface area contributed by atoms with Crippen LogP contribution in [0.5, 0.6) is 0 Å². The molecule has 0 bridgehead atoms. The highest BCUT2D eigenvalue weighted by Crippen LogP contribution is 2.37. The molecule has 5 heteroatoms. The molecule has 0 aliphatic carbocycles. The van der Waals surface area contributed by atoms with Crippen LogP contribution in [0, 0.1) is 5.92 Å². The Morgan fingerprint density at radius 2 is 1.58 bits per heavy atom. The van der Waals surface area contributed by atoms with Crippen LogP contribution in [-0.4, -0.2) is 39.9 Å². The summed E-state index contributed by atoms with van der Waals surface area (Å²) in [5.41, 5.74) is 1.57. The van der Waals surface area contributed by atoms with Gasteiger partial charge in [0.25, 0.3) is 0 Å². The number of hydrogen-bond acceptors (Lipinski definition) is 3. The molecule has 0 aromatic heterocycles. The van der Waals surface area contributed by atoms with Crippen molar-refractivity contribution in [3.63, 3.8) is 0 Å². The maximum atomic E-state index is 13.2. The minimum atomic E-state index is -0.964. The van der Waals surface area contributed by atoms with Crippen molar-refractivity contribution in [2.75, 3.05) is 7.05 Å². The second kappa shape index (κ2) is 7.30. The van der Waals surface area contributed by atoms with Gasteiger partial charge >= 0.3 is 6.03 Å². The number of imide groups is 1. The highest BCUT2D eigenvalue weighted by Gasteiger charge is 2.47. The van der Waals surface area contributed by atoms with Crippen LogP contribution in [0.15, 0.2) is 60.7 Å². The number of urea groups is 1. The van der Waals surface area contributed by atoms with E-state index in [1.807, 2.05) is 55.5 Å². The van der Waals surface area contributed by atoms with Gasteiger partial charge in [-0.3, -0.25) is 9.69 Å². The summed E-state index contributed by atoms with van der Waals surface area (Å²) in [6.45, 7) is 3.60. The molecule has 1 heterocycles. The number of carbonyl (C=O) groups excluding carboxylic acids is 2. The lowest BCUT2D eigenvalue weighted by molar-refractivity contribution is -0.136. The Hall–Kier alpha value is -2.66. The van der Waals surface area contributed by atoms with Crippen molar-refractivity contribution in [3.05, 3.63) is 71.8 Å². The molecule has 1 saturated heterocycles. The second-order valence-electron chi connectivity index (χ2n) is 6.84. The standard InChI is InChI=1S/C21H24N2O3/c1-14(19(24)17-12-8-5-9-13-17)20(25)23-18(15(2)22(3)21(23)26)16-10-6-4-7-11-16/h4-15,18-19,24H,1-3H3/t14-,15+,18+,19-/m1/s1. The highest BCUT2D eigenvalue weighted by molar-refractivity contribution is 5.98. The maximum Gasteiger partial charge on any atom is 0.327 e. The van der Waals surface area contributed by atoms with Gasteiger partial charge in [0, 0.05) is 7.05 Å². The number of hydrogen-bond donors (Lipinski definition) is 1. The Morgan fingerprint density at radius 1 is 1.04 bits per heavy atom. The number of nitrogens with zero attached hydrogens (tertiary/aromatic N) is 2. The monoisotopic (exact) mass is 352 g/mol. The van der Waals surface area contributed by atoms with Gasteiger partial charge in [-0.25, -0.2) is 4.79 Å². The summed E-state index contributed by atoms with van der Waals surface area (Å²) in [6.07, 6.45) is -0.964. The fraction of sp³-hybridized carbons (Fsp3) is 0.333. The number of rotatable bonds is 4. The van der Waals surface area contributed by atoms with Gasteiger partial charge in [0.05, 0.1) is 24.1 Å². The van der Waals surface area contributed by atoms with E-state index in [0.717, 1.165) is 5.56 Å². The van der Waals surface area contributed by atoms with Crippen molar-refractivity contribution in [2.45, 2.75) is 32.0 Å². The van der Waals surface area contributed by atoms with Gasteiger partial charge in [-0.15, -0.1) is 0 Å². The van der Waals surface area contributed by atoms with Crippen LogP contribution in [0.25, 0.3) is 0 Å². The molecule has 4 atom stereocenters. The van der Waals surface area contributed by atoms with Crippen LogP contribution in [0.3, 0.4) is 0 Å². The number of benzene rings is 2. The number of aliphatic hydroxyl groups excluding tert-OH is 1. The molecule has 1 aliphatic rings. The van der Waals surface area contributed by atoms with Gasteiger partial charge in [-0.2, -0.15) is 0 Å². The first-order valence-corrected chi connectivity index (χ1v) is 8.81. The van der Waals surface area contributed by atoms with E-state index in [1.54, 1.807) is 31.0 Å². The van der Waals surface area contributed by atoms with Crippen molar-refractivity contribution in [1.29, 1.82) is 0 Å². The van der Waals surface area contributed by atoms with E-state index in [9.17, 15) is 14.7 Å². The Bertz CT molecular complexity index is 778. The summed E-state index contributed by atoms with van der Waals surface area (Å²) in [5, 5.41) is 10.6. The van der Waals surface area contributed by atoms with Crippen LogP contribution in [0.4, 0.5) is 4.79 Å². The topological polar surface area (TPSA) is 60.9 Å². The van der Waals surface area contributed by atoms with E-state index in [4.69, 9.17) is 0 Å². The van der Waals surface area contributed by atoms with Gasteiger partial charge in [0.2, 0.25) is 5.91 Å². The summed E-state index contributed by atoms with van der Waals surface area (Å²) in [6, 6.07) is 17.8. The molecule has 0 radical (unpaired) electrons. The summed E-state index contributed by atoms with van der Waals surface area (Å²) < 4.78 is 0. The van der Waals surface area contributed by atoms with Gasteiger partial charge in [-0.1, -0.05) is 67.6 Å². The number of likely N-dealkylation sites (N-methyl/N-ethyl adjacent to an activating group) is 1. The fourth-order valence-electron chi connectivity index (χ4n) is 3.49. The zero-order chi connectivity index (χ0) is 18.8. The third-order valence-corrected chi connectivity index (χ3v) is 5.24. The van der Waals surface area contributed by atoms with E-state index in [0.29, 0.717) is 5.56 Å². The molecule has 3 rings (SSSR count). The number of amides is 3. The van der Waals surface area contributed by atoms with E-state index < -0.39 is 12.0 Å². The third kappa shape index (κ3) is 3.10. The molecular weight excluding hydrogens is 328 g/mol. The highest BCUT2D eigenvalue weighted by atomic mass is 16.3. The minimum Gasteiger partial charge on any atom is -0.388 e. The molecule has 26 heavy (non-hydrogen) atoms. The molecule has 0 unspecified atom stereocenters. The zero-order valence-electron chi connectivity index (χ0n) is 15.2. The average molecular weight is 352 g/mol. The maximum absolute atomic E-state index is 13.2. The van der Waals surface area contributed by atoms with Crippen molar-refractivity contribution < 1.29 is 14.7 Å². The van der Waals surface area contributed by atoms with Crippen LogP contribution in [0.1, 0.15) is 37.1 Å². The van der Waals surface area contributed by atoms with E-state index in [2.05, 4.69) is 0 Å². The van der Waals surface area contributed by atoms with Crippen molar-refractivity contribution in [3.8, 4) is 0 Å². The molecule has 1 N–H and O–H groups in total. The predicted octanol–water partition coefficient (Wildman–Crippen LogP) is 3.38. The first-order chi connectivity index (χ1) is 12.4. The normalized spacial score (nSPS) is 22.4. The van der Waals surface area contributed by atoms with Crippen LogP contribution < -0.4 is 0 Å². The van der Waals surface area contributed by atoms with Crippen LogP contribution in [0.2, 0.25) is 0 Å². The largest absolute Gasteiger partial charge is 0.388 e. The van der Waals surface area contributed by atoms with E-state index >= 15 is 0 Å². The smallest absolute Gasteiger partial charge is 0.327 e. The Kier molecular flexibility index (Phi) is 5.09. The first kappa shape index (κ1) is 18.1. The van der Waals surface area contributed by atoms with Crippen molar-refractivity contribution >= 4 is 11.9 Å². The third-order valence-electron chi connectivity index (χ3n) is 5.24. The second-order valence-corrected chi connectivity index (χ2v) is 6.84. The molecule has 1 aliphatic heterocycles. The van der Waals surface area contributed by atoms with E-state index in [-0.39, 0.29) is 24.0 Å². The Labute approximate surface area is 153 Å². The molecule has 1 fully saturated rings. The summed E-state index contributed by atoms with van der Waals surface area (Å²) >= 11 is 0. The van der Waals surface area contributed by atoms with Crippen LogP contribution in [-0.2, 0) is 4.79 Å². The Morgan fingerprint density at radius 3 is 2.15 bits per heavy atom. The SMILES string of the molecule is C[C@@H](C(=O)N1C(=O)N(C)[C@@H](C)[C@H]1c1ccccc1)[C@@H](O)c1ccccc1. The lowest BCUT2D eigenvalue weighted by atomic mass is 9.94. The fourth-order valence-corrected chi connectivity index (χ4v) is 3.49. The van der Waals surface area contributed by atoms with Crippen LogP contribution >= 0.6 is 0 Å². The predicted molar refractivity (Wildman–Crippen MR) is 99.2 cm³/mol. The van der Waals surface area contributed by atoms with Crippen molar-refractivity contribution in [1.82, 2.24) is 9.80 Å². The summed E-state index contributed by atoms with van der Waals surface area (Å²) in [5.74, 6) is -1.09. The molecule has 5 nitrogen and oxygen atoms in total. The lowest BCUT2D eigenvalue weighted by Crippen LogP contribution is -2.41. The van der Waals surface area contributed by atoms with Gasteiger partial charge in [-0.05, 0) is 18.1 Å². The number of carbonyl (C=O) groups is 2. The molecular formula is C21H24N2O3. The average Bonchev–Trinajstić information content (AvgIpc) is 2.91. The molecule has 3 amide bonds. The molecule has 0 spiro atoms. The minimum absolute atomic E-state index is 0.144. The van der Waals surface area contributed by atoms with Crippen molar-refractivity contribution in [2.24, 2.45) is 5.92 Å². The first-order valence-electron chi connectivity index (χ1n) is 8.81. The van der Waals surface area contributed by atoms with Gasteiger partial charge in [0.15, 0.2) is 0 Å². The molecule has 2 aromatic rings. The molecule has 2 aromatic carbocycles.